The Balaban J connectivity index is 2.18. The Morgan fingerprint density at radius 1 is 1.45 bits per heavy atom. The topological polar surface area (TPSA) is 35.5 Å². The maximum absolute atomic E-state index is 9.14. The minimum Gasteiger partial charge on any atom is -0.377 e. The highest BCUT2D eigenvalue weighted by Gasteiger charge is 2.17. The highest BCUT2D eigenvalue weighted by Crippen LogP contribution is 2.17. The monoisotopic (exact) mass is 158 g/mol. The molecular formula is C8H18N2O. The van der Waals surface area contributed by atoms with Crippen LogP contribution in [-0.2, 0) is 0 Å². The van der Waals surface area contributed by atoms with Crippen LogP contribution in [0.15, 0.2) is 0 Å². The first-order valence-corrected chi connectivity index (χ1v) is 4.37. The molecule has 1 aliphatic carbocycles. The second kappa shape index (κ2) is 4.04. The van der Waals surface area contributed by atoms with E-state index in [1.165, 1.54) is 25.7 Å². The van der Waals surface area contributed by atoms with Crippen molar-refractivity contribution in [3.8, 4) is 0 Å². The quantitative estimate of drug-likeness (QED) is 0.469. The molecule has 1 saturated carbocycles. The van der Waals surface area contributed by atoms with E-state index in [4.69, 9.17) is 5.11 Å². The van der Waals surface area contributed by atoms with Crippen molar-refractivity contribution < 1.29 is 5.11 Å². The van der Waals surface area contributed by atoms with Gasteiger partial charge in [-0.25, -0.2) is 5.01 Å². The average molecular weight is 158 g/mol. The number of nitrogens with zero attached hydrogens (tertiary/aromatic N) is 1. The van der Waals surface area contributed by atoms with Gasteiger partial charge in [-0.1, -0.05) is 12.8 Å². The van der Waals surface area contributed by atoms with Crippen molar-refractivity contribution in [3.05, 3.63) is 0 Å². The SMILES string of the molecule is CC(O)N(C)NC1CCCC1. The van der Waals surface area contributed by atoms with Gasteiger partial charge in [-0.2, -0.15) is 0 Å². The zero-order valence-corrected chi connectivity index (χ0v) is 7.38. The fourth-order valence-electron chi connectivity index (χ4n) is 1.45. The lowest BCUT2D eigenvalue weighted by molar-refractivity contribution is -0.00815. The van der Waals surface area contributed by atoms with Gasteiger partial charge in [0.2, 0.25) is 0 Å². The minimum absolute atomic E-state index is 0.393. The second-order valence-corrected chi connectivity index (χ2v) is 3.35. The number of nitrogens with one attached hydrogen (secondary N) is 1. The Hall–Kier alpha value is -0.120. The molecule has 0 heterocycles. The Kier molecular flexibility index (Phi) is 3.30. The van der Waals surface area contributed by atoms with Gasteiger partial charge in [0.25, 0.3) is 0 Å². The maximum atomic E-state index is 9.14. The molecule has 2 N–H and O–H groups in total. The van der Waals surface area contributed by atoms with Crippen molar-refractivity contribution in [1.29, 1.82) is 0 Å². The zero-order valence-electron chi connectivity index (χ0n) is 7.38. The number of hydrazine groups is 1. The van der Waals surface area contributed by atoms with Crippen LogP contribution in [0.25, 0.3) is 0 Å². The largest absolute Gasteiger partial charge is 0.377 e. The van der Waals surface area contributed by atoms with Gasteiger partial charge in [-0.15, -0.1) is 0 Å². The van der Waals surface area contributed by atoms with Crippen molar-refractivity contribution in [2.75, 3.05) is 7.05 Å². The molecule has 66 valence electrons. The molecule has 1 fully saturated rings. The molecule has 0 aromatic carbocycles. The third-order valence-electron chi connectivity index (χ3n) is 2.30. The van der Waals surface area contributed by atoms with Crippen LogP contribution in [0.5, 0.6) is 0 Å². The Morgan fingerprint density at radius 3 is 2.45 bits per heavy atom. The normalized spacial score (nSPS) is 22.9. The van der Waals surface area contributed by atoms with Crippen LogP contribution in [0.2, 0.25) is 0 Å². The van der Waals surface area contributed by atoms with Gasteiger partial charge in [0, 0.05) is 13.1 Å². The van der Waals surface area contributed by atoms with Gasteiger partial charge in [0.15, 0.2) is 0 Å². The molecule has 1 aliphatic rings. The summed E-state index contributed by atoms with van der Waals surface area (Å²) in [6, 6.07) is 0.592. The first kappa shape index (κ1) is 8.97. The summed E-state index contributed by atoms with van der Waals surface area (Å²) in [6.07, 6.45) is 4.75. The smallest absolute Gasteiger partial charge is 0.116 e. The lowest BCUT2D eigenvalue weighted by Gasteiger charge is -2.24. The van der Waals surface area contributed by atoms with E-state index >= 15 is 0 Å². The van der Waals surface area contributed by atoms with Gasteiger partial charge in [-0.05, 0) is 19.8 Å². The molecule has 0 aromatic heterocycles. The molecule has 0 amide bonds. The number of aliphatic hydroxyl groups excluding tert-OH is 1. The van der Waals surface area contributed by atoms with Crippen molar-refractivity contribution in [3.63, 3.8) is 0 Å². The Bertz CT molecular complexity index is 111. The lowest BCUT2D eigenvalue weighted by Crippen LogP contribution is -2.45. The summed E-state index contributed by atoms with van der Waals surface area (Å²) < 4.78 is 0. The Labute approximate surface area is 68.4 Å². The van der Waals surface area contributed by atoms with Crippen LogP contribution in [0, 0.1) is 0 Å². The molecule has 0 radical (unpaired) electrons. The molecule has 1 unspecified atom stereocenters. The summed E-state index contributed by atoms with van der Waals surface area (Å²) in [6.45, 7) is 1.77. The summed E-state index contributed by atoms with van der Waals surface area (Å²) >= 11 is 0. The summed E-state index contributed by atoms with van der Waals surface area (Å²) in [4.78, 5) is 0. The summed E-state index contributed by atoms with van der Waals surface area (Å²) in [5.74, 6) is 0. The average Bonchev–Trinajstić information content (AvgIpc) is 2.39. The molecule has 0 aliphatic heterocycles. The van der Waals surface area contributed by atoms with E-state index in [9.17, 15) is 0 Å². The molecule has 1 atom stereocenters. The zero-order chi connectivity index (χ0) is 8.27. The predicted molar refractivity (Wildman–Crippen MR) is 44.8 cm³/mol. The highest BCUT2D eigenvalue weighted by atomic mass is 16.3. The first-order valence-electron chi connectivity index (χ1n) is 4.37. The number of hydrogen-bond donors (Lipinski definition) is 2. The third-order valence-corrected chi connectivity index (χ3v) is 2.30. The molecule has 3 heteroatoms. The van der Waals surface area contributed by atoms with E-state index in [0.717, 1.165) is 0 Å². The van der Waals surface area contributed by atoms with E-state index in [0.29, 0.717) is 6.04 Å². The van der Waals surface area contributed by atoms with E-state index in [1.807, 2.05) is 7.05 Å². The number of hydrogen-bond acceptors (Lipinski definition) is 3. The van der Waals surface area contributed by atoms with Crippen LogP contribution in [0.4, 0.5) is 0 Å². The maximum Gasteiger partial charge on any atom is 0.116 e. The minimum atomic E-state index is -0.393. The first-order chi connectivity index (χ1) is 5.20. The van der Waals surface area contributed by atoms with Gasteiger partial charge < -0.3 is 5.11 Å². The van der Waals surface area contributed by atoms with Crippen LogP contribution in [-0.4, -0.2) is 29.4 Å². The molecular weight excluding hydrogens is 140 g/mol. The molecule has 3 nitrogen and oxygen atoms in total. The number of rotatable bonds is 3. The van der Waals surface area contributed by atoms with Crippen LogP contribution < -0.4 is 5.43 Å². The van der Waals surface area contributed by atoms with Gasteiger partial charge >= 0.3 is 0 Å². The fourth-order valence-corrected chi connectivity index (χ4v) is 1.45. The van der Waals surface area contributed by atoms with Crippen molar-refractivity contribution >= 4 is 0 Å². The van der Waals surface area contributed by atoms with E-state index < -0.39 is 6.23 Å². The van der Waals surface area contributed by atoms with Gasteiger partial charge in [0.05, 0.1) is 0 Å². The second-order valence-electron chi connectivity index (χ2n) is 3.35. The number of aliphatic hydroxyl groups is 1. The third kappa shape index (κ3) is 2.77. The van der Waals surface area contributed by atoms with Crippen molar-refractivity contribution in [2.45, 2.75) is 44.9 Å². The summed E-state index contributed by atoms with van der Waals surface area (Å²) in [5, 5.41) is 10.9. The van der Waals surface area contributed by atoms with Crippen molar-refractivity contribution in [2.24, 2.45) is 0 Å². The molecule has 0 bridgehead atoms. The van der Waals surface area contributed by atoms with E-state index in [1.54, 1.807) is 11.9 Å². The predicted octanol–water partition coefficient (Wildman–Crippen LogP) is 0.704. The van der Waals surface area contributed by atoms with Crippen LogP contribution >= 0.6 is 0 Å². The van der Waals surface area contributed by atoms with Gasteiger partial charge in [-0.3, -0.25) is 5.43 Å². The highest BCUT2D eigenvalue weighted by molar-refractivity contribution is 4.71. The van der Waals surface area contributed by atoms with Crippen LogP contribution in [0.3, 0.4) is 0 Å². The fraction of sp³-hybridized carbons (Fsp3) is 1.00. The van der Waals surface area contributed by atoms with E-state index in [2.05, 4.69) is 5.43 Å². The molecule has 11 heavy (non-hydrogen) atoms. The summed E-state index contributed by atoms with van der Waals surface area (Å²) in [5.41, 5.74) is 3.26. The molecule has 0 spiro atoms. The summed E-state index contributed by atoms with van der Waals surface area (Å²) in [7, 11) is 1.88. The lowest BCUT2D eigenvalue weighted by atomic mass is 10.3. The van der Waals surface area contributed by atoms with Crippen LogP contribution in [0.1, 0.15) is 32.6 Å². The van der Waals surface area contributed by atoms with Gasteiger partial charge in [0.1, 0.15) is 6.23 Å². The molecule has 0 saturated heterocycles. The molecule has 1 rings (SSSR count). The van der Waals surface area contributed by atoms with Crippen molar-refractivity contribution in [1.82, 2.24) is 10.4 Å². The molecule has 0 aromatic rings. The Morgan fingerprint density at radius 2 is 2.00 bits per heavy atom. The standard InChI is InChI=1S/C8H18N2O/c1-7(11)10(2)9-8-5-3-4-6-8/h7-9,11H,3-6H2,1-2H3. The van der Waals surface area contributed by atoms with E-state index in [-0.39, 0.29) is 0 Å².